The minimum absolute atomic E-state index is 0.0397. The van der Waals surface area contributed by atoms with Gasteiger partial charge in [0.2, 0.25) is 0 Å². The van der Waals surface area contributed by atoms with Crippen molar-refractivity contribution >= 4 is 5.91 Å². The summed E-state index contributed by atoms with van der Waals surface area (Å²) in [5.41, 5.74) is 1.38. The summed E-state index contributed by atoms with van der Waals surface area (Å²) in [6.45, 7) is 6.33. The number of amides is 1. The minimum Gasteiger partial charge on any atom is -0.508 e. The van der Waals surface area contributed by atoms with Gasteiger partial charge in [0.05, 0.1) is 6.10 Å². The summed E-state index contributed by atoms with van der Waals surface area (Å²) < 4.78 is 0. The highest BCUT2D eigenvalue weighted by molar-refractivity contribution is 5.94. The Morgan fingerprint density at radius 2 is 2.03 bits per heavy atom. The first-order chi connectivity index (χ1) is 14.5. The van der Waals surface area contributed by atoms with E-state index in [4.69, 9.17) is 0 Å². The number of carbonyl (C=O) groups is 1. The number of fused-ring (bicyclic) bond motifs is 1. The van der Waals surface area contributed by atoms with Gasteiger partial charge >= 0.3 is 0 Å². The van der Waals surface area contributed by atoms with Gasteiger partial charge in [-0.1, -0.05) is 36.4 Å². The zero-order valence-electron chi connectivity index (χ0n) is 17.2. The summed E-state index contributed by atoms with van der Waals surface area (Å²) in [6.07, 6.45) is 3.52. The number of rotatable bonds is 5. The Hall–Kier alpha value is -2.63. The molecule has 2 aromatic carbocycles. The van der Waals surface area contributed by atoms with Gasteiger partial charge in [-0.05, 0) is 55.6 Å². The third kappa shape index (κ3) is 4.00. The molecule has 5 heteroatoms. The molecule has 1 aliphatic carbocycles. The Balaban J connectivity index is 1.63. The first-order valence-corrected chi connectivity index (χ1v) is 10.7. The van der Waals surface area contributed by atoms with Gasteiger partial charge in [0.25, 0.3) is 5.91 Å². The van der Waals surface area contributed by atoms with Gasteiger partial charge in [0, 0.05) is 36.0 Å². The van der Waals surface area contributed by atoms with E-state index < -0.39 is 6.10 Å². The van der Waals surface area contributed by atoms with E-state index in [9.17, 15) is 15.0 Å². The first-order valence-electron chi connectivity index (χ1n) is 10.7. The molecule has 3 N–H and O–H groups in total. The van der Waals surface area contributed by atoms with E-state index in [-0.39, 0.29) is 29.0 Å². The topological polar surface area (TPSA) is 72.8 Å². The second-order valence-corrected chi connectivity index (χ2v) is 8.65. The zero-order valence-corrected chi connectivity index (χ0v) is 17.2. The average molecular weight is 407 g/mol. The number of benzene rings is 2. The molecule has 4 rings (SSSR count). The molecule has 1 unspecified atom stereocenters. The van der Waals surface area contributed by atoms with E-state index in [1.807, 2.05) is 42.5 Å². The summed E-state index contributed by atoms with van der Waals surface area (Å²) in [6, 6.07) is 16.5. The van der Waals surface area contributed by atoms with E-state index in [1.54, 1.807) is 18.2 Å². The van der Waals surface area contributed by atoms with E-state index in [0.717, 1.165) is 38.0 Å². The van der Waals surface area contributed by atoms with Crippen molar-refractivity contribution in [2.45, 2.75) is 36.8 Å². The summed E-state index contributed by atoms with van der Waals surface area (Å²) in [5.74, 6) is 0.165. The van der Waals surface area contributed by atoms with Gasteiger partial charge in [0.15, 0.2) is 0 Å². The monoisotopic (exact) mass is 406 g/mol. The number of nitrogens with one attached hydrogen (secondary N) is 1. The number of hydrogen-bond donors (Lipinski definition) is 3. The maximum absolute atomic E-state index is 12.8. The molecule has 0 bridgehead atoms. The molecule has 158 valence electrons. The maximum atomic E-state index is 12.8. The molecule has 0 radical (unpaired) electrons. The second-order valence-electron chi connectivity index (χ2n) is 8.65. The lowest BCUT2D eigenvalue weighted by Gasteiger charge is -2.54. The highest BCUT2D eigenvalue weighted by Crippen LogP contribution is 2.49. The summed E-state index contributed by atoms with van der Waals surface area (Å²) in [7, 11) is 0. The maximum Gasteiger partial charge on any atom is 0.251 e. The molecule has 4 atom stereocenters. The van der Waals surface area contributed by atoms with E-state index in [2.05, 4.69) is 16.8 Å². The zero-order chi connectivity index (χ0) is 21.1. The Kier molecular flexibility index (Phi) is 5.93. The van der Waals surface area contributed by atoms with Crippen molar-refractivity contribution in [1.82, 2.24) is 10.2 Å². The Morgan fingerprint density at radius 1 is 1.23 bits per heavy atom. The van der Waals surface area contributed by atoms with E-state index in [0.29, 0.717) is 12.0 Å². The molecule has 1 saturated carbocycles. The molecule has 2 aliphatic rings. The van der Waals surface area contributed by atoms with Crippen LogP contribution in [0.25, 0.3) is 0 Å². The molecular formula is C25H30N2O3. The molecule has 1 heterocycles. The van der Waals surface area contributed by atoms with Crippen LogP contribution in [0.4, 0.5) is 0 Å². The quantitative estimate of drug-likeness (QED) is 0.667. The van der Waals surface area contributed by atoms with E-state index in [1.165, 1.54) is 0 Å². The lowest BCUT2D eigenvalue weighted by atomic mass is 9.57. The Bertz CT molecular complexity index is 900. The van der Waals surface area contributed by atoms with Crippen LogP contribution in [0.5, 0.6) is 5.75 Å². The number of hydrogen-bond acceptors (Lipinski definition) is 4. The molecule has 5 nitrogen and oxygen atoms in total. The molecule has 1 aliphatic heterocycles. The molecule has 0 spiro atoms. The molecular weight excluding hydrogens is 376 g/mol. The fourth-order valence-electron chi connectivity index (χ4n) is 5.42. The molecule has 2 aromatic rings. The van der Waals surface area contributed by atoms with Gasteiger partial charge in [-0.25, -0.2) is 0 Å². The van der Waals surface area contributed by atoms with Crippen LogP contribution in [0.15, 0.2) is 67.3 Å². The largest absolute Gasteiger partial charge is 0.508 e. The van der Waals surface area contributed by atoms with Crippen LogP contribution < -0.4 is 5.32 Å². The summed E-state index contributed by atoms with van der Waals surface area (Å²) >= 11 is 0. The van der Waals surface area contributed by atoms with Crippen LogP contribution in [0.2, 0.25) is 0 Å². The van der Waals surface area contributed by atoms with Gasteiger partial charge in [-0.15, -0.1) is 6.58 Å². The van der Waals surface area contributed by atoms with Crippen LogP contribution in [0.1, 0.15) is 35.2 Å². The normalized spacial score (nSPS) is 29.0. The molecule has 0 aromatic heterocycles. The van der Waals surface area contributed by atoms with Gasteiger partial charge in [0.1, 0.15) is 5.75 Å². The Morgan fingerprint density at radius 3 is 2.77 bits per heavy atom. The van der Waals surface area contributed by atoms with Crippen LogP contribution in [0, 0.1) is 5.92 Å². The lowest BCUT2D eigenvalue weighted by molar-refractivity contribution is -0.0450. The number of likely N-dealkylation sites (tertiary alicyclic amines) is 1. The van der Waals surface area contributed by atoms with Gasteiger partial charge < -0.3 is 15.5 Å². The van der Waals surface area contributed by atoms with Crippen LogP contribution in [0.3, 0.4) is 0 Å². The van der Waals surface area contributed by atoms with Gasteiger partial charge in [-0.3, -0.25) is 9.69 Å². The second kappa shape index (κ2) is 8.62. The van der Waals surface area contributed by atoms with Crippen molar-refractivity contribution in [3.8, 4) is 5.75 Å². The fourth-order valence-corrected chi connectivity index (χ4v) is 5.42. The Labute approximate surface area is 178 Å². The molecule has 1 amide bonds. The predicted molar refractivity (Wildman–Crippen MR) is 117 cm³/mol. The van der Waals surface area contributed by atoms with Crippen molar-refractivity contribution in [3.63, 3.8) is 0 Å². The fraction of sp³-hybridized carbons (Fsp3) is 0.400. The number of nitrogens with zero attached hydrogens (tertiary/aromatic N) is 1. The van der Waals surface area contributed by atoms with Crippen LogP contribution >= 0.6 is 0 Å². The number of piperidine rings is 1. The average Bonchev–Trinajstić information content (AvgIpc) is 2.75. The molecule has 30 heavy (non-hydrogen) atoms. The third-order valence-corrected chi connectivity index (χ3v) is 6.82. The first kappa shape index (κ1) is 20.6. The number of aliphatic hydroxyl groups is 1. The number of aromatic hydroxyl groups is 1. The standard InChI is InChI=1S/C25H30N2O3/c1-2-12-27-13-11-25(19-9-6-10-21(28)14-19)16-20(15-23(29)22(25)17-27)26-24(30)18-7-4-3-5-8-18/h2-10,14,20,22-23,28-29H,1,11-13,15-17H2,(H,26,30)/t20-,22-,23?,25-/m0/s1. The van der Waals surface area contributed by atoms with Crippen molar-refractivity contribution in [2.75, 3.05) is 19.6 Å². The smallest absolute Gasteiger partial charge is 0.251 e. The highest BCUT2D eigenvalue weighted by Gasteiger charge is 2.52. The molecule has 2 fully saturated rings. The van der Waals surface area contributed by atoms with Crippen molar-refractivity contribution < 1.29 is 15.0 Å². The van der Waals surface area contributed by atoms with Crippen LogP contribution in [-0.2, 0) is 5.41 Å². The third-order valence-electron chi connectivity index (χ3n) is 6.82. The number of phenols is 1. The molecule has 1 saturated heterocycles. The number of aliphatic hydroxyl groups excluding tert-OH is 1. The van der Waals surface area contributed by atoms with Crippen LogP contribution in [-0.4, -0.2) is 52.8 Å². The lowest BCUT2D eigenvalue weighted by Crippen LogP contribution is -2.61. The minimum atomic E-state index is -0.533. The number of carbonyl (C=O) groups excluding carboxylic acids is 1. The van der Waals surface area contributed by atoms with Crippen molar-refractivity contribution in [2.24, 2.45) is 5.92 Å². The van der Waals surface area contributed by atoms with Gasteiger partial charge in [-0.2, -0.15) is 0 Å². The highest BCUT2D eigenvalue weighted by atomic mass is 16.3. The van der Waals surface area contributed by atoms with E-state index >= 15 is 0 Å². The van der Waals surface area contributed by atoms with Crippen molar-refractivity contribution in [3.05, 3.63) is 78.4 Å². The summed E-state index contributed by atoms with van der Waals surface area (Å²) in [4.78, 5) is 15.1. The SMILES string of the molecule is C=CCN1CC[C@@]2(c3cccc(O)c3)C[C@@H](NC(=O)c3ccccc3)CC(O)[C@@H]2C1. The number of phenolic OH excluding ortho intramolecular Hbond substituents is 1. The predicted octanol–water partition coefficient (Wildman–Crippen LogP) is 3.09. The summed E-state index contributed by atoms with van der Waals surface area (Å²) in [5, 5.41) is 24.5. The van der Waals surface area contributed by atoms with Crippen molar-refractivity contribution in [1.29, 1.82) is 0 Å².